The van der Waals surface area contributed by atoms with Crippen LogP contribution in [-0.2, 0) is 4.79 Å². The molecule has 2 aliphatic rings. The molecule has 1 N–H and O–H groups in total. The first-order chi connectivity index (χ1) is 6.77. The Hall–Kier alpha value is -0.570. The van der Waals surface area contributed by atoms with Crippen molar-refractivity contribution in [3.05, 3.63) is 0 Å². The van der Waals surface area contributed by atoms with Crippen LogP contribution >= 0.6 is 0 Å². The predicted molar refractivity (Wildman–Crippen MR) is 56.1 cm³/mol. The summed E-state index contributed by atoms with van der Waals surface area (Å²) in [6.07, 6.45) is 7.13. The van der Waals surface area contributed by atoms with Gasteiger partial charge in [0.25, 0.3) is 0 Å². The highest BCUT2D eigenvalue weighted by Gasteiger charge is 2.29. The van der Waals surface area contributed by atoms with E-state index in [1.165, 1.54) is 32.1 Å². The van der Waals surface area contributed by atoms with Crippen molar-refractivity contribution < 1.29 is 4.79 Å². The minimum atomic E-state index is 0.149. The van der Waals surface area contributed by atoms with Gasteiger partial charge in [-0.1, -0.05) is 12.8 Å². The zero-order valence-electron chi connectivity index (χ0n) is 8.96. The van der Waals surface area contributed by atoms with E-state index in [1.54, 1.807) is 0 Å². The van der Waals surface area contributed by atoms with Crippen LogP contribution in [0.4, 0.5) is 0 Å². The number of likely N-dealkylation sites (tertiary alicyclic amines) is 1. The largest absolute Gasteiger partial charge is 0.352 e. The van der Waals surface area contributed by atoms with Crippen molar-refractivity contribution in [1.82, 2.24) is 10.2 Å². The van der Waals surface area contributed by atoms with Crippen LogP contribution in [0, 0.1) is 0 Å². The van der Waals surface area contributed by atoms with E-state index in [4.69, 9.17) is 0 Å². The molecule has 80 valence electrons. The summed E-state index contributed by atoms with van der Waals surface area (Å²) < 4.78 is 0. The molecule has 1 heterocycles. The standard InChI is InChI=1S/C11H20N2O/c1-13-8-4-7-10(13)11(14)12-9-5-2-3-6-9/h9-10H,2-8H2,1H3,(H,12,14)/t10-/m0/s1. The fourth-order valence-corrected chi connectivity index (χ4v) is 2.61. The van der Waals surface area contributed by atoms with E-state index in [2.05, 4.69) is 10.2 Å². The number of hydrogen-bond acceptors (Lipinski definition) is 2. The van der Waals surface area contributed by atoms with Crippen LogP contribution in [0.5, 0.6) is 0 Å². The smallest absolute Gasteiger partial charge is 0.237 e. The molecule has 3 heteroatoms. The van der Waals surface area contributed by atoms with Crippen LogP contribution in [0.15, 0.2) is 0 Å². The molecule has 0 aromatic carbocycles. The summed E-state index contributed by atoms with van der Waals surface area (Å²) in [5.74, 6) is 0.261. The van der Waals surface area contributed by atoms with Crippen LogP contribution < -0.4 is 5.32 Å². The average Bonchev–Trinajstić information content (AvgIpc) is 2.75. The number of nitrogens with one attached hydrogen (secondary N) is 1. The minimum Gasteiger partial charge on any atom is -0.352 e. The van der Waals surface area contributed by atoms with Gasteiger partial charge in [0.15, 0.2) is 0 Å². The van der Waals surface area contributed by atoms with E-state index < -0.39 is 0 Å². The Kier molecular flexibility index (Phi) is 3.06. The first kappa shape index (κ1) is 9.97. The molecule has 14 heavy (non-hydrogen) atoms. The maximum atomic E-state index is 11.9. The molecule has 0 unspecified atom stereocenters. The summed E-state index contributed by atoms with van der Waals surface area (Å²) >= 11 is 0. The Morgan fingerprint density at radius 3 is 2.50 bits per heavy atom. The number of likely N-dealkylation sites (N-methyl/N-ethyl adjacent to an activating group) is 1. The number of carbonyl (C=O) groups is 1. The van der Waals surface area contributed by atoms with E-state index >= 15 is 0 Å². The molecular weight excluding hydrogens is 176 g/mol. The summed E-state index contributed by atoms with van der Waals surface area (Å²) in [7, 11) is 2.05. The van der Waals surface area contributed by atoms with Gasteiger partial charge in [-0.2, -0.15) is 0 Å². The molecule has 0 bridgehead atoms. The molecule has 2 rings (SSSR count). The second kappa shape index (κ2) is 4.30. The molecule has 1 saturated heterocycles. The summed E-state index contributed by atoms with van der Waals surface area (Å²) in [5.41, 5.74) is 0. The summed E-state index contributed by atoms with van der Waals surface area (Å²) in [5, 5.41) is 3.17. The molecule has 2 fully saturated rings. The molecule has 1 saturated carbocycles. The lowest BCUT2D eigenvalue weighted by Crippen LogP contribution is -2.44. The van der Waals surface area contributed by atoms with Crippen molar-refractivity contribution in [2.24, 2.45) is 0 Å². The van der Waals surface area contributed by atoms with Gasteiger partial charge in [-0.25, -0.2) is 0 Å². The van der Waals surface area contributed by atoms with Gasteiger partial charge >= 0.3 is 0 Å². The first-order valence-corrected chi connectivity index (χ1v) is 5.78. The fraction of sp³-hybridized carbons (Fsp3) is 0.909. The first-order valence-electron chi connectivity index (χ1n) is 5.78. The molecule has 1 aliphatic heterocycles. The molecule has 3 nitrogen and oxygen atoms in total. The number of rotatable bonds is 2. The molecule has 1 atom stereocenters. The number of hydrogen-bond donors (Lipinski definition) is 1. The van der Waals surface area contributed by atoms with Crippen molar-refractivity contribution >= 4 is 5.91 Å². The van der Waals surface area contributed by atoms with Crippen LogP contribution in [0.25, 0.3) is 0 Å². The number of carbonyl (C=O) groups excluding carboxylic acids is 1. The minimum absolute atomic E-state index is 0.149. The van der Waals surface area contributed by atoms with Gasteiger partial charge in [0.05, 0.1) is 6.04 Å². The third kappa shape index (κ3) is 2.08. The highest BCUT2D eigenvalue weighted by Crippen LogP contribution is 2.20. The van der Waals surface area contributed by atoms with Gasteiger partial charge < -0.3 is 5.32 Å². The van der Waals surface area contributed by atoms with Crippen molar-refractivity contribution in [1.29, 1.82) is 0 Å². The van der Waals surface area contributed by atoms with E-state index in [0.29, 0.717) is 6.04 Å². The van der Waals surface area contributed by atoms with Gasteiger partial charge in [0.1, 0.15) is 0 Å². The fourth-order valence-electron chi connectivity index (χ4n) is 2.61. The average molecular weight is 196 g/mol. The normalized spacial score (nSPS) is 29.6. The second-order valence-electron chi connectivity index (χ2n) is 4.63. The lowest BCUT2D eigenvalue weighted by molar-refractivity contribution is -0.125. The van der Waals surface area contributed by atoms with Crippen LogP contribution in [0.3, 0.4) is 0 Å². The summed E-state index contributed by atoms with van der Waals surface area (Å²) in [6, 6.07) is 0.618. The van der Waals surface area contributed by atoms with Crippen LogP contribution in [0.2, 0.25) is 0 Å². The van der Waals surface area contributed by atoms with Gasteiger partial charge in [-0.15, -0.1) is 0 Å². The Morgan fingerprint density at radius 1 is 1.21 bits per heavy atom. The summed E-state index contributed by atoms with van der Waals surface area (Å²) in [4.78, 5) is 14.0. The van der Waals surface area contributed by atoms with E-state index in [-0.39, 0.29) is 11.9 Å². The van der Waals surface area contributed by atoms with Gasteiger partial charge in [-0.05, 0) is 39.3 Å². The van der Waals surface area contributed by atoms with Crippen LogP contribution in [-0.4, -0.2) is 36.5 Å². The van der Waals surface area contributed by atoms with E-state index in [1.807, 2.05) is 7.05 Å². The zero-order valence-corrected chi connectivity index (χ0v) is 8.96. The third-order valence-electron chi connectivity index (χ3n) is 3.52. The number of nitrogens with zero attached hydrogens (tertiary/aromatic N) is 1. The van der Waals surface area contributed by atoms with Crippen molar-refractivity contribution in [3.63, 3.8) is 0 Å². The molecular formula is C11H20N2O. The second-order valence-corrected chi connectivity index (χ2v) is 4.63. The Bertz CT molecular complexity index is 211. The van der Waals surface area contributed by atoms with Gasteiger partial charge in [-0.3, -0.25) is 9.69 Å². The molecule has 0 aromatic rings. The molecule has 1 amide bonds. The van der Waals surface area contributed by atoms with Crippen molar-refractivity contribution in [2.75, 3.05) is 13.6 Å². The lowest BCUT2D eigenvalue weighted by atomic mass is 10.2. The third-order valence-corrected chi connectivity index (χ3v) is 3.52. The van der Waals surface area contributed by atoms with Gasteiger partial charge in [0.2, 0.25) is 5.91 Å². The van der Waals surface area contributed by atoms with Gasteiger partial charge in [0, 0.05) is 6.04 Å². The topological polar surface area (TPSA) is 32.3 Å². The maximum Gasteiger partial charge on any atom is 0.237 e. The quantitative estimate of drug-likeness (QED) is 0.718. The van der Waals surface area contributed by atoms with Crippen molar-refractivity contribution in [2.45, 2.75) is 50.6 Å². The SMILES string of the molecule is CN1CCC[C@H]1C(=O)NC1CCCC1. The molecule has 1 aliphatic carbocycles. The Labute approximate surface area is 85.8 Å². The zero-order chi connectivity index (χ0) is 9.97. The maximum absolute atomic E-state index is 11.9. The van der Waals surface area contributed by atoms with Crippen molar-refractivity contribution in [3.8, 4) is 0 Å². The lowest BCUT2D eigenvalue weighted by Gasteiger charge is -2.21. The summed E-state index contributed by atoms with van der Waals surface area (Å²) in [6.45, 7) is 1.07. The Balaban J connectivity index is 1.82. The molecule has 0 radical (unpaired) electrons. The highest BCUT2D eigenvalue weighted by molar-refractivity contribution is 5.82. The highest BCUT2D eigenvalue weighted by atomic mass is 16.2. The van der Waals surface area contributed by atoms with E-state index in [9.17, 15) is 4.79 Å². The number of amides is 1. The predicted octanol–water partition coefficient (Wildman–Crippen LogP) is 1.14. The molecule has 0 spiro atoms. The Morgan fingerprint density at radius 2 is 1.93 bits per heavy atom. The van der Waals surface area contributed by atoms with E-state index in [0.717, 1.165) is 13.0 Å². The molecule has 0 aromatic heterocycles. The van der Waals surface area contributed by atoms with Crippen LogP contribution in [0.1, 0.15) is 38.5 Å². The monoisotopic (exact) mass is 196 g/mol.